The lowest BCUT2D eigenvalue weighted by molar-refractivity contribution is -0.290. The quantitative estimate of drug-likeness (QED) is 0.317. The topological polar surface area (TPSA) is 173 Å². The van der Waals surface area contributed by atoms with Crippen molar-refractivity contribution in [3.05, 3.63) is 54.6 Å². The summed E-state index contributed by atoms with van der Waals surface area (Å²) in [7, 11) is 2.69. The van der Waals surface area contributed by atoms with E-state index in [2.05, 4.69) is 30.5 Å². The Kier molecular flexibility index (Phi) is 8.30. The number of hydrogen-bond acceptors (Lipinski definition) is 13. The van der Waals surface area contributed by atoms with Crippen LogP contribution in [0.1, 0.15) is 0 Å². The minimum Gasteiger partial charge on any atom is -0.467 e. The zero-order valence-corrected chi connectivity index (χ0v) is 19.5. The number of aromatic nitrogens is 3. The third-order valence-electron chi connectivity index (χ3n) is 5.23. The first-order valence-electron chi connectivity index (χ1n) is 11.0. The van der Waals surface area contributed by atoms with Crippen molar-refractivity contribution >= 4 is 23.0 Å². The molecule has 0 saturated carbocycles. The van der Waals surface area contributed by atoms with E-state index in [1.54, 1.807) is 24.3 Å². The van der Waals surface area contributed by atoms with Crippen molar-refractivity contribution in [1.82, 2.24) is 15.0 Å². The standard InChI is InChI=1S/C23H26N6O7/c1-33-20-18(32)19(17(31)16(12-30)35-20)36-23-26-21(25-22(27-23)34-2)24-13-8-10-15(11-9-13)29-28-14-6-4-3-5-7-14/h3-11,16-20,30-32H,12H2,1-2H3,(H,24,25,26,27)/t16-,17-,18-,19+,20+/m0/s1. The van der Waals surface area contributed by atoms with Crippen molar-refractivity contribution in [2.24, 2.45) is 10.2 Å². The fourth-order valence-corrected chi connectivity index (χ4v) is 3.40. The summed E-state index contributed by atoms with van der Waals surface area (Å²) >= 11 is 0. The molecule has 1 aliphatic rings. The van der Waals surface area contributed by atoms with E-state index < -0.39 is 37.3 Å². The lowest BCUT2D eigenvalue weighted by atomic mass is 9.99. The molecule has 1 aliphatic heterocycles. The van der Waals surface area contributed by atoms with Gasteiger partial charge >= 0.3 is 12.0 Å². The Morgan fingerprint density at radius 1 is 0.889 bits per heavy atom. The van der Waals surface area contributed by atoms with Crippen molar-refractivity contribution in [2.45, 2.75) is 30.7 Å². The fraction of sp³-hybridized carbons (Fsp3) is 0.348. The van der Waals surface area contributed by atoms with Crippen LogP contribution < -0.4 is 14.8 Å². The van der Waals surface area contributed by atoms with Crippen LogP contribution in [0.4, 0.5) is 23.0 Å². The van der Waals surface area contributed by atoms with Gasteiger partial charge in [-0.3, -0.25) is 0 Å². The van der Waals surface area contributed by atoms with E-state index in [1.165, 1.54) is 14.2 Å². The average molecular weight is 498 g/mol. The van der Waals surface area contributed by atoms with Crippen LogP contribution in [0.2, 0.25) is 0 Å². The first-order valence-corrected chi connectivity index (χ1v) is 11.0. The molecule has 3 aromatic rings. The van der Waals surface area contributed by atoms with Gasteiger partial charge in [-0.15, -0.1) is 4.98 Å². The summed E-state index contributed by atoms with van der Waals surface area (Å²) in [5.41, 5.74) is 2.03. The molecule has 0 spiro atoms. The van der Waals surface area contributed by atoms with Crippen molar-refractivity contribution in [2.75, 3.05) is 26.1 Å². The van der Waals surface area contributed by atoms with E-state index in [-0.39, 0.29) is 18.0 Å². The molecule has 13 nitrogen and oxygen atoms in total. The molecule has 13 heteroatoms. The molecule has 36 heavy (non-hydrogen) atoms. The number of benzene rings is 2. The predicted molar refractivity (Wildman–Crippen MR) is 126 cm³/mol. The van der Waals surface area contributed by atoms with E-state index in [9.17, 15) is 15.3 Å². The molecule has 1 aromatic heterocycles. The molecule has 2 aromatic carbocycles. The Bertz CT molecular complexity index is 1140. The number of nitrogens with one attached hydrogen (secondary N) is 1. The van der Waals surface area contributed by atoms with Gasteiger partial charge in [0.1, 0.15) is 18.3 Å². The lowest BCUT2D eigenvalue weighted by Gasteiger charge is -2.40. The molecule has 0 radical (unpaired) electrons. The minimum atomic E-state index is -1.38. The van der Waals surface area contributed by atoms with Gasteiger partial charge in [0.15, 0.2) is 12.4 Å². The number of nitrogens with zero attached hydrogens (tertiary/aromatic N) is 5. The Balaban J connectivity index is 1.49. The zero-order valence-electron chi connectivity index (χ0n) is 19.5. The van der Waals surface area contributed by atoms with Crippen molar-refractivity contribution < 1.29 is 34.3 Å². The third kappa shape index (κ3) is 6.08. The van der Waals surface area contributed by atoms with Gasteiger partial charge in [0.05, 0.1) is 25.1 Å². The molecule has 0 amide bonds. The number of ether oxygens (including phenoxy) is 4. The van der Waals surface area contributed by atoms with Gasteiger partial charge in [-0.1, -0.05) is 18.2 Å². The first-order chi connectivity index (χ1) is 17.5. The molecule has 4 N–H and O–H groups in total. The smallest absolute Gasteiger partial charge is 0.324 e. The lowest BCUT2D eigenvalue weighted by Crippen LogP contribution is -2.61. The number of anilines is 2. The van der Waals surface area contributed by atoms with Crippen LogP contribution in [0.5, 0.6) is 12.0 Å². The summed E-state index contributed by atoms with van der Waals surface area (Å²) in [6.07, 6.45) is -6.19. The fourth-order valence-electron chi connectivity index (χ4n) is 3.40. The molecule has 190 valence electrons. The van der Waals surface area contributed by atoms with Crippen LogP contribution in [0.3, 0.4) is 0 Å². The number of rotatable bonds is 9. The second-order valence-electron chi connectivity index (χ2n) is 7.66. The van der Waals surface area contributed by atoms with Gasteiger partial charge in [-0.05, 0) is 36.4 Å². The maximum absolute atomic E-state index is 10.5. The van der Waals surface area contributed by atoms with Crippen LogP contribution in [-0.4, -0.2) is 81.8 Å². The van der Waals surface area contributed by atoms with Crippen LogP contribution in [-0.2, 0) is 9.47 Å². The summed E-state index contributed by atoms with van der Waals surface area (Å²) in [5.74, 6) is 0.0913. The van der Waals surface area contributed by atoms with Crippen LogP contribution in [0.15, 0.2) is 64.8 Å². The van der Waals surface area contributed by atoms with Crippen molar-refractivity contribution in [3.8, 4) is 12.0 Å². The summed E-state index contributed by atoms with van der Waals surface area (Å²) in [6.45, 7) is -0.512. The number of hydrogen-bond donors (Lipinski definition) is 4. The second-order valence-corrected chi connectivity index (χ2v) is 7.66. The number of azo groups is 1. The summed E-state index contributed by atoms with van der Waals surface area (Å²) in [6, 6.07) is 16.1. The zero-order chi connectivity index (χ0) is 25.5. The molecule has 0 bridgehead atoms. The summed E-state index contributed by atoms with van der Waals surface area (Å²) < 4.78 is 21.2. The van der Waals surface area contributed by atoms with Crippen molar-refractivity contribution in [1.29, 1.82) is 0 Å². The van der Waals surface area contributed by atoms with Gasteiger partial charge in [0, 0.05) is 12.8 Å². The largest absolute Gasteiger partial charge is 0.467 e. The maximum Gasteiger partial charge on any atom is 0.324 e. The molecule has 5 atom stereocenters. The Morgan fingerprint density at radius 2 is 1.56 bits per heavy atom. The number of aliphatic hydroxyl groups is 3. The molecule has 0 unspecified atom stereocenters. The van der Waals surface area contributed by atoms with Crippen LogP contribution in [0, 0.1) is 0 Å². The first kappa shape index (κ1) is 25.3. The summed E-state index contributed by atoms with van der Waals surface area (Å²) in [5, 5.41) is 41.9. The van der Waals surface area contributed by atoms with Gasteiger partial charge in [0.25, 0.3) is 0 Å². The van der Waals surface area contributed by atoms with Crippen molar-refractivity contribution in [3.63, 3.8) is 0 Å². The third-order valence-corrected chi connectivity index (χ3v) is 5.23. The molecule has 1 saturated heterocycles. The van der Waals surface area contributed by atoms with E-state index in [1.807, 2.05) is 30.3 Å². The molecule has 0 aliphatic carbocycles. The van der Waals surface area contributed by atoms with E-state index >= 15 is 0 Å². The SMILES string of the molecule is COc1nc(Nc2ccc(N=Nc3ccccc3)cc2)nc(O[C@H]2[C@H](O)[C@H](OC)O[C@@H](CO)[C@@H]2O)n1. The predicted octanol–water partition coefficient (Wildman–Crippen LogP) is 1.87. The highest BCUT2D eigenvalue weighted by molar-refractivity contribution is 5.57. The van der Waals surface area contributed by atoms with E-state index in [0.29, 0.717) is 11.4 Å². The second kappa shape index (κ2) is 11.8. The van der Waals surface area contributed by atoms with Crippen LogP contribution in [0.25, 0.3) is 0 Å². The highest BCUT2D eigenvalue weighted by atomic mass is 16.7. The van der Waals surface area contributed by atoms with E-state index in [4.69, 9.17) is 18.9 Å². The van der Waals surface area contributed by atoms with Gasteiger partial charge in [-0.2, -0.15) is 20.2 Å². The molecular weight excluding hydrogens is 472 g/mol. The number of methoxy groups -OCH3 is 2. The monoisotopic (exact) mass is 498 g/mol. The molecule has 1 fully saturated rings. The highest BCUT2D eigenvalue weighted by Crippen LogP contribution is 2.27. The Labute approximate surface area is 206 Å². The van der Waals surface area contributed by atoms with E-state index in [0.717, 1.165) is 5.69 Å². The van der Waals surface area contributed by atoms with Gasteiger partial charge < -0.3 is 39.6 Å². The maximum atomic E-state index is 10.5. The number of aliphatic hydroxyl groups excluding tert-OH is 3. The summed E-state index contributed by atoms with van der Waals surface area (Å²) in [4.78, 5) is 12.4. The van der Waals surface area contributed by atoms with Gasteiger partial charge in [-0.25, -0.2) is 0 Å². The van der Waals surface area contributed by atoms with Crippen LogP contribution >= 0.6 is 0 Å². The molecular formula is C23H26N6O7. The van der Waals surface area contributed by atoms with Gasteiger partial charge in [0.2, 0.25) is 5.95 Å². The molecule has 4 rings (SSSR count). The molecule has 2 heterocycles. The average Bonchev–Trinajstić information content (AvgIpc) is 2.91. The minimum absolute atomic E-state index is 0.0613. The Hall–Kier alpha value is -3.75. The highest BCUT2D eigenvalue weighted by Gasteiger charge is 2.46. The normalized spacial score (nSPS) is 24.0. The Morgan fingerprint density at radius 3 is 2.19 bits per heavy atom.